The molecule has 0 radical (unpaired) electrons. The maximum Gasteiger partial charge on any atom is 0.257 e. The van der Waals surface area contributed by atoms with Gasteiger partial charge in [-0.15, -0.1) is 11.3 Å². The van der Waals surface area contributed by atoms with Crippen LogP contribution in [-0.2, 0) is 11.3 Å². The molecule has 1 amide bonds. The molecular weight excluding hydrogens is 530 g/mol. The van der Waals surface area contributed by atoms with Crippen molar-refractivity contribution in [3.8, 4) is 27.6 Å². The third-order valence-electron chi connectivity index (χ3n) is 6.23. The first-order chi connectivity index (χ1) is 18.9. The summed E-state index contributed by atoms with van der Waals surface area (Å²) in [6.07, 6.45) is 1.84. The van der Waals surface area contributed by atoms with Gasteiger partial charge in [0.05, 0.1) is 24.1 Å². The molecule has 3 aromatic heterocycles. The van der Waals surface area contributed by atoms with Gasteiger partial charge in [-0.1, -0.05) is 23.5 Å². The Hall–Kier alpha value is -3.70. The molecule has 0 saturated carbocycles. The van der Waals surface area contributed by atoms with Crippen LogP contribution >= 0.6 is 22.7 Å². The Labute approximate surface area is 235 Å². The van der Waals surface area contributed by atoms with Gasteiger partial charge in [-0.2, -0.15) is 0 Å². The summed E-state index contributed by atoms with van der Waals surface area (Å²) in [6.45, 7) is 4.27. The molecule has 0 aliphatic heterocycles. The molecule has 0 atom stereocenters. The molecule has 2 aromatic carbocycles. The Bertz CT molecular complexity index is 1580. The molecule has 5 aromatic rings. The Morgan fingerprint density at radius 3 is 2.59 bits per heavy atom. The minimum Gasteiger partial charge on any atom is -0.494 e. The number of carbonyl (C=O) groups excluding carboxylic acids is 1. The number of nitrogens with zero attached hydrogens (tertiary/aromatic N) is 4. The Kier molecular flexibility index (Phi) is 8.27. The van der Waals surface area contributed by atoms with Crippen LogP contribution in [0.4, 0.5) is 5.13 Å². The molecule has 0 fully saturated rings. The zero-order chi connectivity index (χ0) is 27.4. The third-order valence-corrected chi connectivity index (χ3v) is 8.13. The van der Waals surface area contributed by atoms with Crippen molar-refractivity contribution in [2.75, 3.05) is 39.7 Å². The molecule has 5 rings (SSSR count). The predicted octanol–water partition coefficient (Wildman–Crippen LogP) is 6.13. The number of methoxy groups -OCH3 is 2. The van der Waals surface area contributed by atoms with Gasteiger partial charge in [-0.3, -0.25) is 20.0 Å². The predicted molar refractivity (Wildman–Crippen MR) is 158 cm³/mol. The number of ether oxygens (including phenoxy) is 2. The van der Waals surface area contributed by atoms with Gasteiger partial charge in [-0.05, 0) is 55.9 Å². The minimum atomic E-state index is -0.211. The lowest BCUT2D eigenvalue weighted by Crippen LogP contribution is -2.22. The standard InChI is InChI=1S/C29H29N5O3S2/c1-18-5-8-21(15-30-18)28-31-23(17-38-28)22-11-12-24(37-4)25-26(22)39-29(32-25)33-27(35)20-9-6-19(7-10-20)16-34(2)13-14-36-3/h5-12,15,17H,13-14,16H2,1-4H3,(H,32,33,35). The molecule has 1 N–H and O–H groups in total. The molecule has 39 heavy (non-hydrogen) atoms. The number of fused-ring (bicyclic) bond motifs is 1. The van der Waals surface area contributed by atoms with Crippen LogP contribution in [0.1, 0.15) is 21.6 Å². The maximum absolute atomic E-state index is 13.0. The number of aryl methyl sites for hydroxylation is 1. The van der Waals surface area contributed by atoms with E-state index in [4.69, 9.17) is 19.4 Å². The number of hydrogen-bond acceptors (Lipinski definition) is 9. The summed E-state index contributed by atoms with van der Waals surface area (Å²) < 4.78 is 11.6. The maximum atomic E-state index is 13.0. The second kappa shape index (κ2) is 12.0. The van der Waals surface area contributed by atoms with Gasteiger partial charge in [0, 0.05) is 54.2 Å². The van der Waals surface area contributed by atoms with Crippen molar-refractivity contribution in [1.29, 1.82) is 0 Å². The molecule has 0 aliphatic carbocycles. The number of nitrogens with one attached hydrogen (secondary N) is 1. The number of aromatic nitrogens is 3. The molecule has 0 spiro atoms. The molecule has 200 valence electrons. The van der Waals surface area contributed by atoms with Crippen LogP contribution in [0.25, 0.3) is 32.0 Å². The molecule has 0 aliphatic rings. The number of rotatable bonds is 10. The van der Waals surface area contributed by atoms with E-state index >= 15 is 0 Å². The van der Waals surface area contributed by atoms with Gasteiger partial charge in [-0.25, -0.2) is 9.97 Å². The van der Waals surface area contributed by atoms with Crippen LogP contribution < -0.4 is 10.1 Å². The van der Waals surface area contributed by atoms with E-state index < -0.39 is 0 Å². The average Bonchev–Trinajstić information content (AvgIpc) is 3.60. The second-order valence-corrected chi connectivity index (χ2v) is 11.0. The number of hydrogen-bond donors (Lipinski definition) is 1. The van der Waals surface area contributed by atoms with E-state index in [2.05, 4.69) is 15.2 Å². The molecule has 3 heterocycles. The topological polar surface area (TPSA) is 89.5 Å². The monoisotopic (exact) mass is 559 g/mol. The number of amides is 1. The zero-order valence-corrected chi connectivity index (χ0v) is 23.9. The highest BCUT2D eigenvalue weighted by molar-refractivity contribution is 7.23. The summed E-state index contributed by atoms with van der Waals surface area (Å²) in [5.41, 5.74) is 6.12. The average molecular weight is 560 g/mol. The van der Waals surface area contributed by atoms with E-state index in [0.29, 0.717) is 28.6 Å². The van der Waals surface area contributed by atoms with E-state index in [9.17, 15) is 4.79 Å². The van der Waals surface area contributed by atoms with Crippen LogP contribution in [0.5, 0.6) is 5.75 Å². The van der Waals surface area contributed by atoms with E-state index in [1.807, 2.05) is 74.1 Å². The molecule has 8 nitrogen and oxygen atoms in total. The van der Waals surface area contributed by atoms with Crippen LogP contribution in [0, 0.1) is 6.92 Å². The summed E-state index contributed by atoms with van der Waals surface area (Å²) in [4.78, 5) is 29.2. The first kappa shape index (κ1) is 26.9. The van der Waals surface area contributed by atoms with E-state index in [-0.39, 0.29) is 5.91 Å². The fourth-order valence-corrected chi connectivity index (χ4v) is 5.91. The lowest BCUT2D eigenvalue weighted by Gasteiger charge is -2.16. The SMILES string of the molecule is COCCN(C)Cc1ccc(C(=O)Nc2nc3c(OC)ccc(-c4csc(-c5ccc(C)nc5)n4)c3s2)cc1. The van der Waals surface area contributed by atoms with E-state index in [1.54, 1.807) is 25.6 Å². The molecular formula is C29H29N5O3S2. The van der Waals surface area contributed by atoms with Gasteiger partial charge in [0.15, 0.2) is 5.13 Å². The van der Waals surface area contributed by atoms with Crippen molar-refractivity contribution >= 4 is 43.9 Å². The molecule has 0 unspecified atom stereocenters. The fraction of sp³-hybridized carbons (Fsp3) is 0.241. The Morgan fingerprint density at radius 2 is 1.87 bits per heavy atom. The number of thiazole rings is 2. The van der Waals surface area contributed by atoms with Gasteiger partial charge in [0.25, 0.3) is 5.91 Å². The van der Waals surface area contributed by atoms with Crippen molar-refractivity contribution in [3.05, 3.63) is 76.9 Å². The fourth-order valence-electron chi connectivity index (χ4n) is 4.10. The van der Waals surface area contributed by atoms with Crippen LogP contribution in [0.3, 0.4) is 0 Å². The van der Waals surface area contributed by atoms with Gasteiger partial charge in [0.2, 0.25) is 0 Å². The summed E-state index contributed by atoms with van der Waals surface area (Å²) in [7, 11) is 5.36. The molecule has 0 bridgehead atoms. The van der Waals surface area contributed by atoms with Crippen molar-refractivity contribution in [3.63, 3.8) is 0 Å². The molecule has 0 saturated heterocycles. The van der Waals surface area contributed by atoms with E-state index in [1.165, 1.54) is 11.3 Å². The number of likely N-dealkylation sites (N-methyl/N-ethyl adjacent to an activating group) is 1. The second-order valence-electron chi connectivity index (χ2n) is 9.12. The first-order valence-electron chi connectivity index (χ1n) is 12.4. The Balaban J connectivity index is 1.37. The van der Waals surface area contributed by atoms with Crippen molar-refractivity contribution in [1.82, 2.24) is 19.9 Å². The van der Waals surface area contributed by atoms with Crippen molar-refractivity contribution in [2.45, 2.75) is 13.5 Å². The minimum absolute atomic E-state index is 0.211. The number of anilines is 1. The quantitative estimate of drug-likeness (QED) is 0.220. The van der Waals surface area contributed by atoms with Gasteiger partial charge in [0.1, 0.15) is 16.3 Å². The zero-order valence-electron chi connectivity index (χ0n) is 22.2. The van der Waals surface area contributed by atoms with Gasteiger partial charge < -0.3 is 9.47 Å². The van der Waals surface area contributed by atoms with Crippen molar-refractivity contribution in [2.24, 2.45) is 0 Å². The largest absolute Gasteiger partial charge is 0.494 e. The first-order valence-corrected chi connectivity index (χ1v) is 14.1. The highest BCUT2D eigenvalue weighted by Gasteiger charge is 2.18. The van der Waals surface area contributed by atoms with E-state index in [0.717, 1.165) is 50.9 Å². The highest BCUT2D eigenvalue weighted by Crippen LogP contribution is 2.40. The summed E-state index contributed by atoms with van der Waals surface area (Å²) in [6, 6.07) is 15.5. The lowest BCUT2D eigenvalue weighted by molar-refractivity contribution is 0.102. The van der Waals surface area contributed by atoms with Crippen LogP contribution in [-0.4, -0.2) is 60.2 Å². The smallest absolute Gasteiger partial charge is 0.257 e. The molecule has 10 heteroatoms. The third kappa shape index (κ3) is 6.15. The Morgan fingerprint density at radius 1 is 1.05 bits per heavy atom. The normalized spacial score (nSPS) is 11.3. The summed E-state index contributed by atoms with van der Waals surface area (Å²) in [5, 5.41) is 6.39. The van der Waals surface area contributed by atoms with Crippen molar-refractivity contribution < 1.29 is 14.3 Å². The van der Waals surface area contributed by atoms with Crippen LogP contribution in [0.2, 0.25) is 0 Å². The summed E-state index contributed by atoms with van der Waals surface area (Å²) >= 11 is 2.98. The van der Waals surface area contributed by atoms with Gasteiger partial charge >= 0.3 is 0 Å². The van der Waals surface area contributed by atoms with Crippen LogP contribution in [0.15, 0.2) is 60.1 Å². The summed E-state index contributed by atoms with van der Waals surface area (Å²) in [5.74, 6) is 0.433. The number of pyridine rings is 1. The highest BCUT2D eigenvalue weighted by atomic mass is 32.1. The lowest BCUT2D eigenvalue weighted by atomic mass is 10.1. The number of benzene rings is 2. The number of carbonyl (C=O) groups is 1.